The highest BCUT2D eigenvalue weighted by Gasteiger charge is 2.26. The number of amides is 1. The van der Waals surface area contributed by atoms with E-state index in [4.69, 9.17) is 15.2 Å². The summed E-state index contributed by atoms with van der Waals surface area (Å²) in [5.41, 5.74) is 4.84. The van der Waals surface area contributed by atoms with Gasteiger partial charge in [-0.05, 0) is 6.42 Å². The number of hydrogen-bond acceptors (Lipinski definition) is 3. The second-order valence-electron chi connectivity index (χ2n) is 2.70. The molecule has 0 radical (unpaired) electrons. The Bertz CT molecular complexity index is 166. The van der Waals surface area contributed by atoms with Gasteiger partial charge in [0, 0.05) is 6.61 Å². The Kier molecular flexibility index (Phi) is 7.32. The van der Waals surface area contributed by atoms with Crippen LogP contribution in [0.5, 0.6) is 0 Å². The molecule has 1 aliphatic heterocycles. The fourth-order valence-corrected chi connectivity index (χ4v) is 1.06. The Morgan fingerprint density at radius 1 is 1.64 bits per heavy atom. The van der Waals surface area contributed by atoms with Crippen LogP contribution in [0.25, 0.3) is 0 Å². The lowest BCUT2D eigenvalue weighted by Gasteiger charge is -2.25. The summed E-state index contributed by atoms with van der Waals surface area (Å²) in [4.78, 5) is 10.3. The largest absolute Gasteiger partial charge is 0.378 e. The summed E-state index contributed by atoms with van der Waals surface area (Å²) in [6.07, 6.45) is -1.20. The van der Waals surface area contributed by atoms with E-state index in [1.165, 1.54) is 0 Å². The zero-order chi connectivity index (χ0) is 11.0. The van der Waals surface area contributed by atoms with Crippen molar-refractivity contribution < 1.29 is 18.7 Å². The number of ether oxygens (including phenoxy) is 2. The van der Waals surface area contributed by atoms with Crippen LogP contribution < -0.4 is 5.73 Å². The molecule has 4 nitrogen and oxygen atoms in total. The highest BCUT2D eigenvalue weighted by Crippen LogP contribution is 2.14. The van der Waals surface area contributed by atoms with Crippen LogP contribution >= 0.6 is 0 Å². The molecule has 1 heterocycles. The molecule has 0 bridgehead atoms. The Morgan fingerprint density at radius 3 is 2.79 bits per heavy atom. The van der Waals surface area contributed by atoms with Gasteiger partial charge in [0.05, 0.1) is 12.7 Å². The summed E-state index contributed by atoms with van der Waals surface area (Å²) >= 11 is 0. The molecule has 1 saturated heterocycles. The molecule has 0 aromatic heterocycles. The van der Waals surface area contributed by atoms with Crippen molar-refractivity contribution in [3.63, 3.8) is 0 Å². The van der Waals surface area contributed by atoms with Crippen LogP contribution in [0.4, 0.5) is 4.39 Å². The number of alkyl halides is 1. The number of carbonyl (C=O) groups is 1. The van der Waals surface area contributed by atoms with Gasteiger partial charge in [0.25, 0.3) is 0 Å². The Hall–Kier alpha value is -0.680. The molecule has 2 N–H and O–H groups in total. The lowest BCUT2D eigenvalue weighted by atomic mass is 10.1. The zero-order valence-electron chi connectivity index (χ0n) is 8.66. The van der Waals surface area contributed by atoms with E-state index < -0.39 is 18.2 Å². The van der Waals surface area contributed by atoms with E-state index in [9.17, 15) is 9.18 Å². The van der Waals surface area contributed by atoms with Crippen LogP contribution in [0, 0.1) is 0 Å². The van der Waals surface area contributed by atoms with Crippen LogP contribution in [0.1, 0.15) is 20.3 Å². The molecular weight excluding hydrogens is 189 g/mol. The first-order valence-electron chi connectivity index (χ1n) is 4.82. The first-order chi connectivity index (χ1) is 6.70. The molecule has 1 rings (SSSR count). The van der Waals surface area contributed by atoms with E-state index in [2.05, 4.69) is 0 Å². The molecule has 0 saturated carbocycles. The van der Waals surface area contributed by atoms with E-state index in [0.717, 1.165) is 0 Å². The molecule has 0 spiro atoms. The monoisotopic (exact) mass is 207 g/mol. The Labute approximate surface area is 83.6 Å². The summed E-state index contributed by atoms with van der Waals surface area (Å²) < 4.78 is 22.7. The van der Waals surface area contributed by atoms with Crippen molar-refractivity contribution in [2.24, 2.45) is 5.73 Å². The van der Waals surface area contributed by atoms with Crippen molar-refractivity contribution >= 4 is 5.91 Å². The third-order valence-electron chi connectivity index (χ3n) is 1.67. The molecule has 0 aromatic rings. The van der Waals surface area contributed by atoms with Gasteiger partial charge in [0.15, 0.2) is 0 Å². The van der Waals surface area contributed by atoms with Crippen LogP contribution in [0.15, 0.2) is 0 Å². The summed E-state index contributed by atoms with van der Waals surface area (Å²) in [6.45, 7) is 4.30. The van der Waals surface area contributed by atoms with Crippen molar-refractivity contribution in [2.45, 2.75) is 32.5 Å². The topological polar surface area (TPSA) is 61.6 Å². The Balaban J connectivity index is 0.000000791. The van der Waals surface area contributed by atoms with Gasteiger partial charge in [-0.15, -0.1) is 0 Å². The zero-order valence-corrected chi connectivity index (χ0v) is 8.66. The van der Waals surface area contributed by atoms with Crippen LogP contribution in [0.2, 0.25) is 0 Å². The highest BCUT2D eigenvalue weighted by molar-refractivity contribution is 5.75. The molecule has 0 aromatic carbocycles. The average molecular weight is 207 g/mol. The summed E-state index contributed by atoms with van der Waals surface area (Å²) in [5, 5.41) is 0. The third-order valence-corrected chi connectivity index (χ3v) is 1.67. The first-order valence-corrected chi connectivity index (χ1v) is 4.82. The lowest BCUT2D eigenvalue weighted by Crippen LogP contribution is -2.37. The van der Waals surface area contributed by atoms with E-state index in [1.807, 2.05) is 13.8 Å². The predicted octanol–water partition coefficient (Wildman–Crippen LogP) is 0.641. The molecular formula is C9H18FNO3. The lowest BCUT2D eigenvalue weighted by molar-refractivity contribution is -0.131. The predicted molar refractivity (Wildman–Crippen MR) is 50.6 cm³/mol. The van der Waals surface area contributed by atoms with E-state index in [-0.39, 0.29) is 13.2 Å². The molecule has 2 atom stereocenters. The smallest absolute Gasteiger partial charge is 0.243 e. The van der Waals surface area contributed by atoms with Crippen LogP contribution in [0.3, 0.4) is 0 Å². The van der Waals surface area contributed by atoms with Crippen molar-refractivity contribution in [1.82, 2.24) is 0 Å². The van der Waals surface area contributed by atoms with Gasteiger partial charge in [0.2, 0.25) is 5.91 Å². The molecule has 5 heteroatoms. The number of rotatable bonds is 3. The fraction of sp³-hybridized carbons (Fsp3) is 0.889. The molecule has 0 aliphatic carbocycles. The normalized spacial score (nSPS) is 26.2. The second kappa shape index (κ2) is 7.70. The van der Waals surface area contributed by atoms with E-state index in [0.29, 0.717) is 13.0 Å². The summed E-state index contributed by atoms with van der Waals surface area (Å²) in [6, 6.07) is 0. The van der Waals surface area contributed by atoms with Crippen molar-refractivity contribution in [3.8, 4) is 0 Å². The van der Waals surface area contributed by atoms with Gasteiger partial charge in [0.1, 0.15) is 12.8 Å². The van der Waals surface area contributed by atoms with E-state index >= 15 is 0 Å². The maximum atomic E-state index is 12.9. The van der Waals surface area contributed by atoms with Crippen molar-refractivity contribution in [1.29, 1.82) is 0 Å². The van der Waals surface area contributed by atoms with Gasteiger partial charge in [-0.2, -0.15) is 0 Å². The third kappa shape index (κ3) is 5.14. The van der Waals surface area contributed by atoms with Crippen molar-refractivity contribution in [2.75, 3.05) is 19.8 Å². The molecule has 1 amide bonds. The van der Waals surface area contributed by atoms with Gasteiger partial charge >= 0.3 is 0 Å². The maximum absolute atomic E-state index is 12.9. The second-order valence-corrected chi connectivity index (χ2v) is 2.70. The number of halogens is 1. The minimum Gasteiger partial charge on any atom is -0.378 e. The van der Waals surface area contributed by atoms with E-state index in [1.54, 1.807) is 0 Å². The quantitative estimate of drug-likeness (QED) is 0.738. The van der Waals surface area contributed by atoms with Gasteiger partial charge in [-0.25, -0.2) is 4.39 Å². The van der Waals surface area contributed by atoms with Gasteiger partial charge in [-0.3, -0.25) is 4.79 Å². The average Bonchev–Trinajstić information content (AvgIpc) is 2.19. The first kappa shape index (κ1) is 13.3. The van der Waals surface area contributed by atoms with Gasteiger partial charge in [-0.1, -0.05) is 13.8 Å². The SMILES string of the molecule is CC.NC(=O)CO[C@H]1CCOC[C@H]1F. The molecule has 84 valence electrons. The fourth-order valence-electron chi connectivity index (χ4n) is 1.06. The van der Waals surface area contributed by atoms with Gasteiger partial charge < -0.3 is 15.2 Å². The molecule has 0 unspecified atom stereocenters. The maximum Gasteiger partial charge on any atom is 0.243 e. The highest BCUT2D eigenvalue weighted by atomic mass is 19.1. The minimum atomic E-state index is -1.14. The summed E-state index contributed by atoms with van der Waals surface area (Å²) in [7, 11) is 0. The Morgan fingerprint density at radius 2 is 2.29 bits per heavy atom. The number of hydrogen-bond donors (Lipinski definition) is 1. The van der Waals surface area contributed by atoms with Crippen LogP contribution in [-0.4, -0.2) is 38.0 Å². The standard InChI is InChI=1S/C7H12FNO3.C2H6/c8-5-3-11-2-1-6(5)12-4-7(9)10;1-2/h5-6H,1-4H2,(H2,9,10);1-2H3/t5-,6+;/m1./s1. The molecule has 14 heavy (non-hydrogen) atoms. The molecule has 1 aliphatic rings. The number of primary amides is 1. The number of nitrogens with two attached hydrogens (primary N) is 1. The number of carbonyl (C=O) groups excluding carboxylic acids is 1. The van der Waals surface area contributed by atoms with Crippen molar-refractivity contribution in [3.05, 3.63) is 0 Å². The summed E-state index contributed by atoms with van der Waals surface area (Å²) in [5.74, 6) is -0.575. The van der Waals surface area contributed by atoms with Crippen LogP contribution in [-0.2, 0) is 14.3 Å². The molecule has 1 fully saturated rings. The minimum absolute atomic E-state index is 0.0451.